The van der Waals surface area contributed by atoms with Crippen LogP contribution in [0.2, 0.25) is 0 Å². The van der Waals surface area contributed by atoms with Gasteiger partial charge in [0.05, 0.1) is 22.8 Å². The fourth-order valence-corrected chi connectivity index (χ4v) is 3.66. The molecule has 0 fully saturated rings. The van der Waals surface area contributed by atoms with Crippen LogP contribution < -0.4 is 14.8 Å². The van der Waals surface area contributed by atoms with Crippen LogP contribution in [0.25, 0.3) is 0 Å². The van der Waals surface area contributed by atoms with E-state index in [0.29, 0.717) is 3.57 Å². The van der Waals surface area contributed by atoms with E-state index in [2.05, 4.69) is 15.2 Å². The molecular weight excluding hydrogens is 543 g/mol. The highest BCUT2D eigenvalue weighted by Gasteiger charge is 2.17. The van der Waals surface area contributed by atoms with Crippen LogP contribution in [0.5, 0.6) is 11.5 Å². The van der Waals surface area contributed by atoms with E-state index in [9.17, 15) is 22.1 Å². The van der Waals surface area contributed by atoms with E-state index in [1.54, 1.807) is 6.07 Å². The van der Waals surface area contributed by atoms with Crippen molar-refractivity contribution in [2.75, 3.05) is 15.8 Å². The van der Waals surface area contributed by atoms with Crippen LogP contribution in [0.3, 0.4) is 0 Å². The van der Waals surface area contributed by atoms with Gasteiger partial charge in [-0.2, -0.15) is 0 Å². The summed E-state index contributed by atoms with van der Waals surface area (Å²) in [5.41, 5.74) is -0.111. The van der Waals surface area contributed by atoms with Crippen LogP contribution in [0.15, 0.2) is 59.8 Å². The first kappa shape index (κ1) is 22.9. The Morgan fingerprint density at radius 2 is 1.84 bits per heavy atom. The summed E-state index contributed by atoms with van der Waals surface area (Å²) >= 11 is 1.94. The predicted octanol–water partition coefficient (Wildman–Crippen LogP) is 6.26. The smallest absolute Gasteiger partial charge is 0.232 e. The third-order valence-corrected chi connectivity index (χ3v) is 6.02. The van der Waals surface area contributed by atoms with Gasteiger partial charge >= 0.3 is 0 Å². The van der Waals surface area contributed by atoms with Gasteiger partial charge in [-0.05, 0) is 71.1 Å². The molecule has 162 valence electrons. The molecule has 3 aromatic carbocycles. The molecule has 0 radical (unpaired) electrons. The molecule has 0 aliphatic carbocycles. The van der Waals surface area contributed by atoms with Gasteiger partial charge in [0.2, 0.25) is 10.0 Å². The minimum atomic E-state index is -3.51. The number of hydrogen-bond donors (Lipinski definition) is 2. The second kappa shape index (κ2) is 9.56. The lowest BCUT2D eigenvalue weighted by molar-refractivity contribution is 0.479. The van der Waals surface area contributed by atoms with Crippen molar-refractivity contribution in [3.05, 3.63) is 74.7 Å². The van der Waals surface area contributed by atoms with E-state index in [1.165, 1.54) is 43.3 Å². The minimum absolute atomic E-state index is 0.0258. The highest BCUT2D eigenvalue weighted by molar-refractivity contribution is 14.1. The number of benzene rings is 3. The number of nitrogens with zero attached hydrogens (tertiary/aromatic N) is 1. The van der Waals surface area contributed by atoms with Crippen molar-refractivity contribution in [1.82, 2.24) is 0 Å². The maximum atomic E-state index is 14.2. The molecule has 0 aliphatic rings. The number of ether oxygens (including phenoxy) is 1. The lowest BCUT2D eigenvalue weighted by atomic mass is 10.2. The molecule has 0 atom stereocenters. The molecule has 0 amide bonds. The van der Waals surface area contributed by atoms with Crippen molar-refractivity contribution in [1.29, 1.82) is 0 Å². The van der Waals surface area contributed by atoms with Gasteiger partial charge < -0.3 is 10.1 Å². The molecule has 0 spiro atoms. The lowest BCUT2D eigenvalue weighted by Gasteiger charge is -2.14. The molecule has 2 N–H and O–H groups in total. The van der Waals surface area contributed by atoms with Crippen molar-refractivity contribution in [2.45, 2.75) is 6.92 Å². The second-order valence-electron chi connectivity index (χ2n) is 6.28. The third kappa shape index (κ3) is 5.88. The second-order valence-corrected chi connectivity index (χ2v) is 9.53. The zero-order valence-electron chi connectivity index (χ0n) is 16.0. The van der Waals surface area contributed by atoms with Gasteiger partial charge in [0.25, 0.3) is 0 Å². The maximum Gasteiger partial charge on any atom is 0.232 e. The molecule has 7 nitrogen and oxygen atoms in total. The van der Waals surface area contributed by atoms with E-state index >= 15 is 0 Å². The van der Waals surface area contributed by atoms with Crippen molar-refractivity contribution >= 4 is 55.4 Å². The first-order chi connectivity index (χ1) is 14.7. The highest BCUT2D eigenvalue weighted by Crippen LogP contribution is 2.41. The van der Waals surface area contributed by atoms with Gasteiger partial charge in [0.1, 0.15) is 17.4 Å². The van der Waals surface area contributed by atoms with Gasteiger partial charge in [-0.3, -0.25) is 4.72 Å². The predicted molar refractivity (Wildman–Crippen MR) is 124 cm³/mol. The number of rotatable bonds is 8. The zero-order chi connectivity index (χ0) is 22.6. The summed E-state index contributed by atoms with van der Waals surface area (Å²) in [5, 5.41) is 5.56. The van der Waals surface area contributed by atoms with Crippen LogP contribution in [-0.2, 0) is 10.0 Å². The standard InChI is InChI=1S/C20H16F2IN3O4S/c1-2-31(28,29)26-14-4-3-5-15(11-14)30-19-9-12(21)8-18(20(19)25-27)24-17-7-6-13(23)10-16(17)22/h3-11,24,26H,2H2,1H3. The van der Waals surface area contributed by atoms with Gasteiger partial charge in [-0.25, -0.2) is 17.2 Å². The van der Waals surface area contributed by atoms with Crippen LogP contribution >= 0.6 is 22.6 Å². The number of nitrogens with one attached hydrogen (secondary N) is 2. The van der Waals surface area contributed by atoms with Gasteiger partial charge in [-0.15, -0.1) is 4.91 Å². The summed E-state index contributed by atoms with van der Waals surface area (Å²) in [6, 6.07) is 12.2. The molecule has 0 bridgehead atoms. The molecule has 0 heterocycles. The number of hydrogen-bond acceptors (Lipinski definition) is 6. The van der Waals surface area contributed by atoms with Crippen molar-refractivity contribution in [3.8, 4) is 11.5 Å². The summed E-state index contributed by atoms with van der Waals surface area (Å²) in [6.45, 7) is 1.49. The molecule has 0 unspecified atom stereocenters. The summed E-state index contributed by atoms with van der Waals surface area (Å²) in [6.07, 6.45) is 0. The number of nitroso groups, excluding NO2 is 1. The Bertz CT molecular complexity index is 1240. The topological polar surface area (TPSA) is 96.9 Å². The van der Waals surface area contributed by atoms with Crippen molar-refractivity contribution in [3.63, 3.8) is 0 Å². The average Bonchev–Trinajstić information content (AvgIpc) is 2.70. The molecule has 0 aromatic heterocycles. The Balaban J connectivity index is 1.94. The Hall–Kier alpha value is -2.80. The Kier molecular flexibility index (Phi) is 7.05. The third-order valence-electron chi connectivity index (χ3n) is 4.05. The number of anilines is 3. The van der Waals surface area contributed by atoms with Gasteiger partial charge in [0.15, 0.2) is 11.4 Å². The molecule has 0 saturated carbocycles. The summed E-state index contributed by atoms with van der Waals surface area (Å²) < 4.78 is 60.5. The number of halogens is 3. The molecular formula is C20H16F2IN3O4S. The molecule has 3 aromatic rings. The molecule has 3 rings (SSSR count). The monoisotopic (exact) mass is 559 g/mol. The van der Waals surface area contributed by atoms with E-state index < -0.39 is 21.7 Å². The van der Waals surface area contributed by atoms with E-state index in [0.717, 1.165) is 12.1 Å². The fraction of sp³-hybridized carbons (Fsp3) is 0.100. The Morgan fingerprint density at radius 1 is 1.06 bits per heavy atom. The van der Waals surface area contributed by atoms with Gasteiger partial charge in [0, 0.05) is 15.7 Å². The van der Waals surface area contributed by atoms with Crippen LogP contribution in [0, 0.1) is 20.1 Å². The average molecular weight is 559 g/mol. The van der Waals surface area contributed by atoms with E-state index in [1.807, 2.05) is 22.6 Å². The minimum Gasteiger partial charge on any atom is -0.455 e. The fourth-order valence-electron chi connectivity index (χ4n) is 2.58. The van der Waals surface area contributed by atoms with Crippen LogP contribution in [-0.4, -0.2) is 14.2 Å². The highest BCUT2D eigenvalue weighted by atomic mass is 127. The van der Waals surface area contributed by atoms with Crippen LogP contribution in [0.1, 0.15) is 6.92 Å². The van der Waals surface area contributed by atoms with Crippen LogP contribution in [0.4, 0.5) is 31.5 Å². The summed E-state index contributed by atoms with van der Waals surface area (Å²) in [7, 11) is -3.51. The normalized spacial score (nSPS) is 11.1. The SMILES string of the molecule is CCS(=O)(=O)Nc1cccc(Oc2cc(F)cc(Nc3ccc(I)cc3F)c2N=O)c1. The molecule has 31 heavy (non-hydrogen) atoms. The first-order valence-corrected chi connectivity index (χ1v) is 11.6. The largest absolute Gasteiger partial charge is 0.455 e. The lowest BCUT2D eigenvalue weighted by Crippen LogP contribution is -2.14. The van der Waals surface area contributed by atoms with E-state index in [-0.39, 0.29) is 40.0 Å². The van der Waals surface area contributed by atoms with Crippen molar-refractivity contribution in [2.24, 2.45) is 5.18 Å². The number of sulfonamides is 1. The Labute approximate surface area is 191 Å². The molecule has 0 saturated heterocycles. The summed E-state index contributed by atoms with van der Waals surface area (Å²) in [4.78, 5) is 11.5. The van der Waals surface area contributed by atoms with Crippen molar-refractivity contribution < 1.29 is 21.9 Å². The maximum absolute atomic E-state index is 14.2. The first-order valence-electron chi connectivity index (χ1n) is 8.88. The Morgan fingerprint density at radius 3 is 2.52 bits per heavy atom. The molecule has 0 aliphatic heterocycles. The van der Waals surface area contributed by atoms with E-state index in [4.69, 9.17) is 4.74 Å². The summed E-state index contributed by atoms with van der Waals surface area (Å²) in [5.74, 6) is -1.55. The van der Waals surface area contributed by atoms with Gasteiger partial charge in [-0.1, -0.05) is 6.07 Å². The molecule has 11 heteroatoms. The zero-order valence-corrected chi connectivity index (χ0v) is 19.0. The quantitative estimate of drug-likeness (QED) is 0.251.